The molecule has 0 radical (unpaired) electrons. The number of benzene rings is 1. The molecule has 106 valence electrons. The summed E-state index contributed by atoms with van der Waals surface area (Å²) in [6.45, 7) is 1.61. The number of aliphatic carboxylic acids is 1. The average molecular weight is 273 g/mol. The van der Waals surface area contributed by atoms with Gasteiger partial charge in [-0.05, 0) is 38.3 Å². The number of carboxylic acids is 1. The fourth-order valence-electron chi connectivity index (χ4n) is 1.48. The molecule has 0 amide bonds. The van der Waals surface area contributed by atoms with Crippen LogP contribution in [0.3, 0.4) is 0 Å². The van der Waals surface area contributed by atoms with E-state index in [-0.39, 0.29) is 18.8 Å². The molecule has 4 nitrogen and oxygen atoms in total. The fraction of sp³-hybridized carbons (Fsp3) is 0.462. The van der Waals surface area contributed by atoms with Crippen molar-refractivity contribution < 1.29 is 23.4 Å². The molecule has 3 N–H and O–H groups in total. The van der Waals surface area contributed by atoms with E-state index in [0.717, 1.165) is 6.07 Å². The Morgan fingerprint density at radius 1 is 1.42 bits per heavy atom. The van der Waals surface area contributed by atoms with Gasteiger partial charge in [-0.1, -0.05) is 6.07 Å². The first-order valence-corrected chi connectivity index (χ1v) is 5.93. The highest BCUT2D eigenvalue weighted by molar-refractivity contribution is 5.77. The lowest BCUT2D eigenvalue weighted by molar-refractivity contribution is -0.142. The summed E-state index contributed by atoms with van der Waals surface area (Å²) in [5.41, 5.74) is 4.27. The highest BCUT2D eigenvalue weighted by Crippen LogP contribution is 2.19. The Labute approximate surface area is 110 Å². The van der Waals surface area contributed by atoms with E-state index in [0.29, 0.717) is 12.8 Å². The molecule has 1 rings (SSSR count). The number of halogens is 2. The summed E-state index contributed by atoms with van der Waals surface area (Å²) in [5, 5.41) is 8.80. The van der Waals surface area contributed by atoms with Gasteiger partial charge in [-0.2, -0.15) is 4.39 Å². The van der Waals surface area contributed by atoms with Gasteiger partial charge < -0.3 is 15.6 Å². The van der Waals surface area contributed by atoms with Crippen LogP contribution in [0.4, 0.5) is 8.78 Å². The van der Waals surface area contributed by atoms with E-state index in [1.54, 1.807) is 0 Å². The zero-order valence-electron chi connectivity index (χ0n) is 10.7. The van der Waals surface area contributed by atoms with Crippen molar-refractivity contribution in [2.24, 2.45) is 5.73 Å². The molecule has 1 aromatic rings. The summed E-state index contributed by atoms with van der Waals surface area (Å²) in [6.07, 6.45) is 1.32. The maximum absolute atomic E-state index is 13.2. The summed E-state index contributed by atoms with van der Waals surface area (Å²) in [6, 6.07) is 3.70. The molecule has 0 aliphatic heterocycles. The zero-order valence-corrected chi connectivity index (χ0v) is 10.7. The van der Waals surface area contributed by atoms with Gasteiger partial charge in [0, 0.05) is 0 Å². The molecule has 19 heavy (non-hydrogen) atoms. The van der Waals surface area contributed by atoms with Gasteiger partial charge in [-0.25, -0.2) is 4.39 Å². The molecule has 6 heteroatoms. The third-order valence-electron chi connectivity index (χ3n) is 2.75. The molecule has 0 heterocycles. The molecule has 0 saturated heterocycles. The Kier molecular flexibility index (Phi) is 5.23. The maximum atomic E-state index is 13.2. The number of carbonyl (C=O) groups is 1. The van der Waals surface area contributed by atoms with E-state index in [4.69, 9.17) is 15.6 Å². The number of rotatable bonds is 7. The maximum Gasteiger partial charge on any atom is 0.323 e. The molecule has 1 atom stereocenters. The monoisotopic (exact) mass is 273 g/mol. The van der Waals surface area contributed by atoms with Crippen LogP contribution in [0.5, 0.6) is 5.75 Å². The second-order valence-electron chi connectivity index (χ2n) is 4.58. The van der Waals surface area contributed by atoms with Gasteiger partial charge in [0.25, 0.3) is 0 Å². The third kappa shape index (κ3) is 4.48. The average Bonchev–Trinajstić information content (AvgIpc) is 2.33. The summed E-state index contributed by atoms with van der Waals surface area (Å²) in [4.78, 5) is 10.7. The van der Waals surface area contributed by atoms with Crippen molar-refractivity contribution in [2.45, 2.75) is 31.7 Å². The normalized spacial score (nSPS) is 13.9. The first-order valence-electron chi connectivity index (χ1n) is 5.93. The van der Waals surface area contributed by atoms with Crippen LogP contribution >= 0.6 is 0 Å². The Hall–Kier alpha value is -1.69. The van der Waals surface area contributed by atoms with Crippen molar-refractivity contribution in [3.63, 3.8) is 0 Å². The second-order valence-corrected chi connectivity index (χ2v) is 4.58. The molecule has 0 spiro atoms. The summed E-state index contributed by atoms with van der Waals surface area (Å²) in [5.74, 6) is -3.19. The van der Waals surface area contributed by atoms with Crippen molar-refractivity contribution in [1.82, 2.24) is 0 Å². The molecule has 0 aliphatic rings. The highest BCUT2D eigenvalue weighted by atomic mass is 19.2. The van der Waals surface area contributed by atoms with Crippen molar-refractivity contribution in [3.05, 3.63) is 29.8 Å². The highest BCUT2D eigenvalue weighted by Gasteiger charge is 2.26. The smallest absolute Gasteiger partial charge is 0.323 e. The number of ether oxygens (including phenoxy) is 1. The molecule has 0 aromatic heterocycles. The molecular formula is C13H17F2NO3. The topological polar surface area (TPSA) is 72.5 Å². The number of unbranched alkanes of at least 4 members (excludes halogenated alkanes) is 1. The Bertz CT molecular complexity index is 450. The summed E-state index contributed by atoms with van der Waals surface area (Å²) in [7, 11) is 0. The van der Waals surface area contributed by atoms with Crippen LogP contribution < -0.4 is 10.5 Å². The molecule has 0 fully saturated rings. The van der Waals surface area contributed by atoms with Gasteiger partial charge in [0.05, 0.1) is 6.61 Å². The summed E-state index contributed by atoms with van der Waals surface area (Å²) >= 11 is 0. The fourth-order valence-corrected chi connectivity index (χ4v) is 1.48. The van der Waals surface area contributed by atoms with Crippen LogP contribution in [0.1, 0.15) is 26.2 Å². The van der Waals surface area contributed by atoms with Crippen molar-refractivity contribution in [3.8, 4) is 5.75 Å². The van der Waals surface area contributed by atoms with Crippen LogP contribution in [-0.4, -0.2) is 23.2 Å². The van der Waals surface area contributed by atoms with Crippen LogP contribution in [-0.2, 0) is 4.79 Å². The first-order chi connectivity index (χ1) is 8.84. The lowest BCUT2D eigenvalue weighted by atomic mass is 9.97. The van der Waals surface area contributed by atoms with Gasteiger partial charge in [0.1, 0.15) is 5.54 Å². The van der Waals surface area contributed by atoms with Crippen molar-refractivity contribution in [2.75, 3.05) is 6.61 Å². The van der Waals surface area contributed by atoms with Gasteiger partial charge in [-0.15, -0.1) is 0 Å². The van der Waals surface area contributed by atoms with Gasteiger partial charge in [0.2, 0.25) is 5.82 Å². The third-order valence-corrected chi connectivity index (χ3v) is 2.75. The van der Waals surface area contributed by atoms with E-state index >= 15 is 0 Å². The van der Waals surface area contributed by atoms with Crippen molar-refractivity contribution in [1.29, 1.82) is 0 Å². The molecular weight excluding hydrogens is 256 g/mol. The predicted octanol–water partition coefficient (Wildman–Crippen LogP) is 2.32. The standard InChI is InChI=1S/C13H17F2NO3/c1-13(16,12(17)18)7-2-3-8-19-10-6-4-5-9(14)11(10)15/h4-6H,2-3,7-8,16H2,1H3,(H,17,18). The number of carboxylic acid groups (broad SMARTS) is 1. The number of nitrogens with two attached hydrogens (primary N) is 1. The van der Waals surface area contributed by atoms with E-state index in [9.17, 15) is 13.6 Å². The van der Waals surface area contributed by atoms with Crippen LogP contribution in [0.25, 0.3) is 0 Å². The van der Waals surface area contributed by atoms with Crippen LogP contribution in [0.2, 0.25) is 0 Å². The Morgan fingerprint density at radius 3 is 2.74 bits per heavy atom. The van der Waals surface area contributed by atoms with E-state index in [2.05, 4.69) is 0 Å². The van der Waals surface area contributed by atoms with Crippen LogP contribution in [0.15, 0.2) is 18.2 Å². The van der Waals surface area contributed by atoms with Crippen molar-refractivity contribution >= 4 is 5.97 Å². The second kappa shape index (κ2) is 6.47. The lowest BCUT2D eigenvalue weighted by Crippen LogP contribution is -2.44. The zero-order chi connectivity index (χ0) is 14.5. The molecule has 1 aromatic carbocycles. The Balaban J connectivity index is 2.32. The van der Waals surface area contributed by atoms with E-state index in [1.165, 1.54) is 19.1 Å². The minimum atomic E-state index is -1.27. The molecule has 1 unspecified atom stereocenters. The predicted molar refractivity (Wildman–Crippen MR) is 65.9 cm³/mol. The SMILES string of the molecule is CC(N)(CCCCOc1cccc(F)c1F)C(=O)O. The molecule has 0 aliphatic carbocycles. The lowest BCUT2D eigenvalue weighted by Gasteiger charge is -2.18. The van der Waals surface area contributed by atoms with E-state index in [1.807, 2.05) is 0 Å². The van der Waals surface area contributed by atoms with E-state index < -0.39 is 23.1 Å². The quantitative estimate of drug-likeness (QED) is 0.748. The first kappa shape index (κ1) is 15.4. The molecule has 0 bridgehead atoms. The Morgan fingerprint density at radius 2 is 2.11 bits per heavy atom. The van der Waals surface area contributed by atoms with Crippen LogP contribution in [0, 0.1) is 11.6 Å². The van der Waals surface area contributed by atoms with Gasteiger partial charge >= 0.3 is 5.97 Å². The van der Waals surface area contributed by atoms with Gasteiger partial charge in [0.15, 0.2) is 11.6 Å². The minimum absolute atomic E-state index is 0.145. The summed E-state index contributed by atoms with van der Waals surface area (Å²) < 4.78 is 31.2. The molecule has 0 saturated carbocycles. The largest absolute Gasteiger partial charge is 0.490 e. The number of hydrogen-bond donors (Lipinski definition) is 2. The van der Waals surface area contributed by atoms with Gasteiger partial charge in [-0.3, -0.25) is 4.79 Å². The number of hydrogen-bond acceptors (Lipinski definition) is 3. The minimum Gasteiger partial charge on any atom is -0.490 e.